The van der Waals surface area contributed by atoms with Crippen molar-refractivity contribution in [1.82, 2.24) is 14.9 Å². The van der Waals surface area contributed by atoms with E-state index in [2.05, 4.69) is 33.9 Å². The van der Waals surface area contributed by atoms with E-state index in [9.17, 15) is 4.79 Å². The van der Waals surface area contributed by atoms with Crippen LogP contribution in [0.4, 0.5) is 5.82 Å². The number of hydrogen-bond donors (Lipinski definition) is 1. The molecule has 0 amide bonds. The Morgan fingerprint density at radius 3 is 2.58 bits per heavy atom. The lowest BCUT2D eigenvalue weighted by molar-refractivity contribution is 0.0683. The van der Waals surface area contributed by atoms with Gasteiger partial charge in [0.15, 0.2) is 0 Å². The highest BCUT2D eigenvalue weighted by Gasteiger charge is 2.27. The zero-order valence-electron chi connectivity index (χ0n) is 11.8. The van der Waals surface area contributed by atoms with E-state index >= 15 is 0 Å². The largest absolute Gasteiger partial charge is 0.475 e. The van der Waals surface area contributed by atoms with Gasteiger partial charge in [0.05, 0.1) is 0 Å². The lowest BCUT2D eigenvalue weighted by atomic mass is 10.2. The van der Waals surface area contributed by atoms with Gasteiger partial charge in [0.25, 0.3) is 0 Å². The minimum absolute atomic E-state index is 0.119. The highest BCUT2D eigenvalue weighted by atomic mass is 16.4. The van der Waals surface area contributed by atoms with Crippen molar-refractivity contribution in [3.63, 3.8) is 0 Å². The first kappa shape index (κ1) is 13.7. The molecule has 1 aliphatic heterocycles. The predicted octanol–water partition coefficient (Wildman–Crippen LogP) is 0.932. The number of carboxylic acids is 1. The van der Waals surface area contributed by atoms with Crippen LogP contribution in [0.2, 0.25) is 0 Å². The van der Waals surface area contributed by atoms with Gasteiger partial charge in [0, 0.05) is 30.4 Å². The summed E-state index contributed by atoms with van der Waals surface area (Å²) in [5, 5.41) is 9.06. The summed E-state index contributed by atoms with van der Waals surface area (Å²) in [6.45, 7) is 5.55. The molecule has 1 atom stereocenters. The van der Waals surface area contributed by atoms with Gasteiger partial charge in [-0.15, -0.1) is 0 Å². The molecule has 1 aliphatic rings. The van der Waals surface area contributed by atoms with Crippen LogP contribution < -0.4 is 4.90 Å². The average molecular weight is 264 g/mol. The van der Waals surface area contributed by atoms with E-state index in [1.165, 1.54) is 0 Å². The number of likely N-dealkylation sites (N-methyl/N-ethyl adjacent to an activating group) is 1. The Bertz CT molecular complexity index is 502. The number of carbonyl (C=O) groups is 1. The third-order valence-electron chi connectivity index (χ3n) is 3.75. The van der Waals surface area contributed by atoms with Crippen molar-refractivity contribution in [2.24, 2.45) is 0 Å². The minimum atomic E-state index is -1.08. The van der Waals surface area contributed by atoms with E-state index < -0.39 is 5.97 Å². The van der Waals surface area contributed by atoms with Crippen LogP contribution in [0.1, 0.15) is 28.3 Å². The van der Waals surface area contributed by atoms with Gasteiger partial charge in [-0.25, -0.2) is 14.8 Å². The Morgan fingerprint density at radius 1 is 1.37 bits per heavy atom. The predicted molar refractivity (Wildman–Crippen MR) is 72.8 cm³/mol. The minimum Gasteiger partial charge on any atom is -0.475 e. The molecule has 19 heavy (non-hydrogen) atoms. The number of aromatic nitrogens is 2. The van der Waals surface area contributed by atoms with Crippen LogP contribution in [0.15, 0.2) is 0 Å². The van der Waals surface area contributed by atoms with Gasteiger partial charge in [-0.3, -0.25) is 0 Å². The fourth-order valence-electron chi connectivity index (χ4n) is 2.37. The van der Waals surface area contributed by atoms with Crippen molar-refractivity contribution in [2.45, 2.75) is 26.3 Å². The quantitative estimate of drug-likeness (QED) is 0.876. The molecule has 0 aliphatic carbocycles. The summed E-state index contributed by atoms with van der Waals surface area (Å²) in [7, 11) is 4.13. The summed E-state index contributed by atoms with van der Waals surface area (Å²) in [4.78, 5) is 23.6. The second-order valence-corrected chi connectivity index (χ2v) is 5.24. The number of carboxylic acid groups (broad SMARTS) is 1. The first-order valence-corrected chi connectivity index (χ1v) is 6.40. The maximum atomic E-state index is 11.1. The molecule has 1 fully saturated rings. The highest BCUT2D eigenvalue weighted by Crippen LogP contribution is 2.25. The summed E-state index contributed by atoms with van der Waals surface area (Å²) < 4.78 is 0. The van der Waals surface area contributed by atoms with Crippen LogP contribution in [0.3, 0.4) is 0 Å². The summed E-state index contributed by atoms with van der Waals surface area (Å²) in [6, 6.07) is 0.489. The number of aryl methyl sites for hydroxylation is 1. The smallest absolute Gasteiger partial charge is 0.374 e. The summed E-state index contributed by atoms with van der Waals surface area (Å²) in [5.41, 5.74) is 1.69. The third kappa shape index (κ3) is 2.68. The van der Waals surface area contributed by atoms with Crippen LogP contribution in [-0.4, -0.2) is 59.2 Å². The molecule has 1 aromatic heterocycles. The molecule has 1 saturated heterocycles. The van der Waals surface area contributed by atoms with Crippen molar-refractivity contribution in [1.29, 1.82) is 0 Å². The van der Waals surface area contributed by atoms with E-state index in [1.807, 2.05) is 13.8 Å². The molecule has 104 valence electrons. The molecular formula is C13H20N4O2. The lowest BCUT2D eigenvalue weighted by Gasteiger charge is -2.22. The van der Waals surface area contributed by atoms with Gasteiger partial charge in [-0.1, -0.05) is 0 Å². The second-order valence-electron chi connectivity index (χ2n) is 5.24. The van der Waals surface area contributed by atoms with Crippen molar-refractivity contribution in [3.05, 3.63) is 17.1 Å². The molecule has 0 radical (unpaired) electrons. The number of aromatic carboxylic acids is 1. The van der Waals surface area contributed by atoms with E-state index in [4.69, 9.17) is 5.11 Å². The van der Waals surface area contributed by atoms with Gasteiger partial charge in [0.2, 0.25) is 5.82 Å². The van der Waals surface area contributed by atoms with Gasteiger partial charge >= 0.3 is 5.97 Å². The molecule has 6 nitrogen and oxygen atoms in total. The monoisotopic (exact) mass is 264 g/mol. The lowest BCUT2D eigenvalue weighted by Crippen LogP contribution is -2.32. The van der Waals surface area contributed by atoms with E-state index in [0.717, 1.165) is 36.6 Å². The third-order valence-corrected chi connectivity index (χ3v) is 3.75. The SMILES string of the molecule is Cc1nc(C(=O)O)nc(N2CC[C@@H](N(C)C)C2)c1C. The average Bonchev–Trinajstić information content (AvgIpc) is 2.81. The fraction of sp³-hybridized carbons (Fsp3) is 0.615. The number of nitrogens with zero attached hydrogens (tertiary/aromatic N) is 4. The summed E-state index contributed by atoms with van der Waals surface area (Å²) >= 11 is 0. The molecular weight excluding hydrogens is 244 g/mol. The molecule has 0 aromatic carbocycles. The van der Waals surface area contributed by atoms with Crippen molar-refractivity contribution in [3.8, 4) is 0 Å². The van der Waals surface area contributed by atoms with Gasteiger partial charge in [-0.05, 0) is 34.4 Å². The normalized spacial score (nSPS) is 19.2. The van der Waals surface area contributed by atoms with E-state index in [-0.39, 0.29) is 5.82 Å². The van der Waals surface area contributed by atoms with Crippen molar-refractivity contribution >= 4 is 11.8 Å². The Balaban J connectivity index is 2.32. The molecule has 2 rings (SSSR count). The Kier molecular flexibility index (Phi) is 3.71. The Hall–Kier alpha value is -1.69. The standard InChI is InChI=1S/C13H20N4O2/c1-8-9(2)14-11(13(18)19)15-12(8)17-6-5-10(7-17)16(3)4/h10H,5-7H2,1-4H3,(H,18,19)/t10-/m1/s1. The molecule has 2 heterocycles. The molecule has 0 unspecified atom stereocenters. The first-order chi connectivity index (χ1) is 8.90. The van der Waals surface area contributed by atoms with Crippen LogP contribution in [0.5, 0.6) is 0 Å². The molecule has 0 bridgehead atoms. The zero-order chi connectivity index (χ0) is 14.2. The van der Waals surface area contributed by atoms with Gasteiger partial charge < -0.3 is 14.9 Å². The molecule has 6 heteroatoms. The fourth-order valence-corrected chi connectivity index (χ4v) is 2.37. The van der Waals surface area contributed by atoms with Crippen molar-refractivity contribution in [2.75, 3.05) is 32.1 Å². The first-order valence-electron chi connectivity index (χ1n) is 6.40. The van der Waals surface area contributed by atoms with Crippen molar-refractivity contribution < 1.29 is 9.90 Å². The second kappa shape index (κ2) is 5.13. The molecule has 1 aromatic rings. The Morgan fingerprint density at radius 2 is 2.05 bits per heavy atom. The zero-order valence-corrected chi connectivity index (χ0v) is 11.8. The maximum absolute atomic E-state index is 11.1. The maximum Gasteiger partial charge on any atom is 0.374 e. The highest BCUT2D eigenvalue weighted by molar-refractivity contribution is 5.83. The molecule has 1 N–H and O–H groups in total. The van der Waals surface area contributed by atoms with Crippen LogP contribution in [-0.2, 0) is 0 Å². The molecule has 0 saturated carbocycles. The Labute approximate surface area is 113 Å². The molecule has 0 spiro atoms. The number of rotatable bonds is 3. The number of anilines is 1. The van der Waals surface area contributed by atoms with Gasteiger partial charge in [0.1, 0.15) is 5.82 Å². The topological polar surface area (TPSA) is 69.6 Å². The van der Waals surface area contributed by atoms with Crippen LogP contribution in [0.25, 0.3) is 0 Å². The van der Waals surface area contributed by atoms with E-state index in [0.29, 0.717) is 6.04 Å². The number of hydrogen-bond acceptors (Lipinski definition) is 5. The van der Waals surface area contributed by atoms with Gasteiger partial charge in [-0.2, -0.15) is 0 Å². The summed E-state index contributed by atoms with van der Waals surface area (Å²) in [6.07, 6.45) is 1.07. The van der Waals surface area contributed by atoms with Crippen LogP contribution >= 0.6 is 0 Å². The van der Waals surface area contributed by atoms with Crippen LogP contribution in [0, 0.1) is 13.8 Å². The van der Waals surface area contributed by atoms with E-state index in [1.54, 1.807) is 0 Å². The summed E-state index contributed by atoms with van der Waals surface area (Å²) in [5.74, 6) is -0.437.